The van der Waals surface area contributed by atoms with Crippen LogP contribution in [-0.2, 0) is 0 Å². The normalized spacial score (nSPS) is 12.4. The summed E-state index contributed by atoms with van der Waals surface area (Å²) in [4.78, 5) is 0.286. The van der Waals surface area contributed by atoms with Crippen LogP contribution in [0.2, 0.25) is 0 Å². The van der Waals surface area contributed by atoms with E-state index in [0.717, 1.165) is 0 Å². The molecule has 0 saturated carbocycles. The third-order valence-electron chi connectivity index (χ3n) is 2.23. The average Bonchev–Trinajstić information content (AvgIpc) is 2.29. The molecule has 0 N–H and O–H groups in total. The maximum atomic E-state index is 3.72. The molecule has 0 spiro atoms. The van der Waals surface area contributed by atoms with Gasteiger partial charge in [0, 0.05) is 3.57 Å². The summed E-state index contributed by atoms with van der Waals surface area (Å²) in [6.07, 6.45) is 0. The maximum Gasteiger partial charge on any atom is 0.0644 e. The summed E-state index contributed by atoms with van der Waals surface area (Å²) < 4.78 is 1.27. The zero-order valence-electron chi connectivity index (χ0n) is 8.03. The molecular formula is C13H10BrI. The molecule has 0 aliphatic carbocycles. The van der Waals surface area contributed by atoms with Gasteiger partial charge in [-0.25, -0.2) is 0 Å². The lowest BCUT2D eigenvalue weighted by Gasteiger charge is -2.10. The second-order valence-corrected chi connectivity index (χ2v) is 5.49. The van der Waals surface area contributed by atoms with E-state index in [1.54, 1.807) is 0 Å². The number of halogens is 2. The summed E-state index contributed by atoms with van der Waals surface area (Å²) >= 11 is 6.06. The van der Waals surface area contributed by atoms with Crippen LogP contribution in [0.3, 0.4) is 0 Å². The number of benzene rings is 2. The smallest absolute Gasteiger partial charge is 0.0644 e. The highest BCUT2D eigenvalue weighted by molar-refractivity contribution is 14.1. The van der Waals surface area contributed by atoms with Crippen LogP contribution in [0, 0.1) is 3.57 Å². The van der Waals surface area contributed by atoms with E-state index in [2.05, 4.69) is 87.1 Å². The SMILES string of the molecule is BrC(c1ccccc1)c1cccc(I)c1. The van der Waals surface area contributed by atoms with Crippen LogP contribution in [0.1, 0.15) is 16.0 Å². The Labute approximate surface area is 112 Å². The first-order chi connectivity index (χ1) is 7.27. The van der Waals surface area contributed by atoms with Gasteiger partial charge in [0.2, 0.25) is 0 Å². The van der Waals surface area contributed by atoms with Crippen molar-refractivity contribution in [2.24, 2.45) is 0 Å². The Bertz CT molecular complexity index is 439. The zero-order valence-corrected chi connectivity index (χ0v) is 11.8. The Kier molecular flexibility index (Phi) is 3.81. The van der Waals surface area contributed by atoms with Crippen molar-refractivity contribution in [2.45, 2.75) is 4.83 Å². The van der Waals surface area contributed by atoms with Crippen molar-refractivity contribution in [1.82, 2.24) is 0 Å². The Hall–Kier alpha value is -0.350. The Morgan fingerprint density at radius 1 is 0.867 bits per heavy atom. The molecule has 0 aliphatic heterocycles. The minimum Gasteiger partial charge on any atom is -0.0786 e. The van der Waals surface area contributed by atoms with Gasteiger partial charge in [0.15, 0.2) is 0 Å². The molecule has 0 fully saturated rings. The predicted molar refractivity (Wildman–Crippen MR) is 76.4 cm³/mol. The standard InChI is InChI=1S/C13H10BrI/c14-13(10-5-2-1-3-6-10)11-7-4-8-12(15)9-11/h1-9,13H. The quantitative estimate of drug-likeness (QED) is 0.526. The fraction of sp³-hybridized carbons (Fsp3) is 0.0769. The lowest BCUT2D eigenvalue weighted by molar-refractivity contribution is 1.17. The molecule has 1 atom stereocenters. The predicted octanol–water partition coefficient (Wildman–Crippen LogP) is 4.78. The molecule has 76 valence electrons. The summed E-state index contributed by atoms with van der Waals surface area (Å²) in [6.45, 7) is 0. The Morgan fingerprint density at radius 2 is 1.53 bits per heavy atom. The Balaban J connectivity index is 2.32. The minimum absolute atomic E-state index is 0.286. The molecule has 0 saturated heterocycles. The second-order valence-electron chi connectivity index (χ2n) is 3.33. The lowest BCUT2D eigenvalue weighted by Crippen LogP contribution is -1.92. The summed E-state index contributed by atoms with van der Waals surface area (Å²) in [5.74, 6) is 0. The molecule has 2 aromatic rings. The van der Waals surface area contributed by atoms with Gasteiger partial charge in [-0.3, -0.25) is 0 Å². The van der Waals surface area contributed by atoms with E-state index in [1.807, 2.05) is 6.07 Å². The molecule has 0 aromatic heterocycles. The first-order valence-electron chi connectivity index (χ1n) is 4.72. The molecule has 2 rings (SSSR count). The van der Waals surface area contributed by atoms with E-state index in [1.165, 1.54) is 14.7 Å². The molecular weight excluding hydrogens is 363 g/mol. The number of hydrogen-bond acceptors (Lipinski definition) is 0. The number of alkyl halides is 1. The highest BCUT2D eigenvalue weighted by atomic mass is 127. The van der Waals surface area contributed by atoms with Crippen molar-refractivity contribution in [2.75, 3.05) is 0 Å². The zero-order chi connectivity index (χ0) is 10.7. The van der Waals surface area contributed by atoms with Gasteiger partial charge < -0.3 is 0 Å². The second kappa shape index (κ2) is 5.12. The van der Waals surface area contributed by atoms with Crippen LogP contribution < -0.4 is 0 Å². The average molecular weight is 373 g/mol. The van der Waals surface area contributed by atoms with Gasteiger partial charge in [-0.2, -0.15) is 0 Å². The third-order valence-corrected chi connectivity index (χ3v) is 3.96. The van der Waals surface area contributed by atoms with Crippen molar-refractivity contribution < 1.29 is 0 Å². The van der Waals surface area contributed by atoms with Crippen LogP contribution in [0.15, 0.2) is 54.6 Å². The van der Waals surface area contributed by atoms with Crippen molar-refractivity contribution in [3.05, 3.63) is 69.3 Å². The summed E-state index contributed by atoms with van der Waals surface area (Å²) in [5, 5.41) is 0. The van der Waals surface area contributed by atoms with Crippen LogP contribution in [0.4, 0.5) is 0 Å². The number of hydrogen-bond donors (Lipinski definition) is 0. The number of rotatable bonds is 2. The maximum absolute atomic E-state index is 3.72. The van der Waals surface area contributed by atoms with E-state index in [4.69, 9.17) is 0 Å². The van der Waals surface area contributed by atoms with Gasteiger partial charge in [-0.1, -0.05) is 58.4 Å². The third kappa shape index (κ3) is 2.82. The molecule has 15 heavy (non-hydrogen) atoms. The largest absolute Gasteiger partial charge is 0.0786 e. The van der Waals surface area contributed by atoms with Crippen molar-refractivity contribution >= 4 is 38.5 Å². The molecule has 0 bridgehead atoms. The van der Waals surface area contributed by atoms with Gasteiger partial charge in [0.05, 0.1) is 4.83 Å². The minimum atomic E-state index is 0.286. The van der Waals surface area contributed by atoms with Crippen LogP contribution in [0.25, 0.3) is 0 Å². The van der Waals surface area contributed by atoms with Gasteiger partial charge in [-0.05, 0) is 45.9 Å². The topological polar surface area (TPSA) is 0 Å². The first kappa shape index (κ1) is 11.1. The van der Waals surface area contributed by atoms with Crippen LogP contribution in [-0.4, -0.2) is 0 Å². The first-order valence-corrected chi connectivity index (χ1v) is 6.71. The van der Waals surface area contributed by atoms with Gasteiger partial charge >= 0.3 is 0 Å². The summed E-state index contributed by atoms with van der Waals surface area (Å²) in [7, 11) is 0. The summed E-state index contributed by atoms with van der Waals surface area (Å²) in [5.41, 5.74) is 2.59. The van der Waals surface area contributed by atoms with Gasteiger partial charge in [0.1, 0.15) is 0 Å². The fourth-order valence-corrected chi connectivity index (χ4v) is 2.64. The highest BCUT2D eigenvalue weighted by Gasteiger charge is 2.09. The highest BCUT2D eigenvalue weighted by Crippen LogP contribution is 2.30. The van der Waals surface area contributed by atoms with Crippen LogP contribution >= 0.6 is 38.5 Å². The molecule has 1 unspecified atom stereocenters. The lowest BCUT2D eigenvalue weighted by atomic mass is 10.1. The molecule has 0 aliphatic rings. The van der Waals surface area contributed by atoms with Gasteiger partial charge in [0.25, 0.3) is 0 Å². The van der Waals surface area contributed by atoms with Crippen molar-refractivity contribution in [3.8, 4) is 0 Å². The fourth-order valence-electron chi connectivity index (χ4n) is 1.48. The summed E-state index contributed by atoms with van der Waals surface area (Å²) in [6, 6.07) is 19.0. The van der Waals surface area contributed by atoms with Crippen molar-refractivity contribution in [1.29, 1.82) is 0 Å². The monoisotopic (exact) mass is 372 g/mol. The molecule has 2 heteroatoms. The van der Waals surface area contributed by atoms with Gasteiger partial charge in [-0.15, -0.1) is 0 Å². The molecule has 0 amide bonds. The molecule has 2 aromatic carbocycles. The van der Waals surface area contributed by atoms with E-state index in [-0.39, 0.29) is 4.83 Å². The van der Waals surface area contributed by atoms with Crippen LogP contribution in [0.5, 0.6) is 0 Å². The van der Waals surface area contributed by atoms with E-state index in [0.29, 0.717) is 0 Å². The molecule has 0 radical (unpaired) electrons. The van der Waals surface area contributed by atoms with Crippen molar-refractivity contribution in [3.63, 3.8) is 0 Å². The van der Waals surface area contributed by atoms with E-state index in [9.17, 15) is 0 Å². The van der Waals surface area contributed by atoms with E-state index < -0.39 is 0 Å². The Morgan fingerprint density at radius 3 is 2.20 bits per heavy atom. The van der Waals surface area contributed by atoms with E-state index >= 15 is 0 Å². The molecule has 0 nitrogen and oxygen atoms in total. The molecule has 0 heterocycles.